The van der Waals surface area contributed by atoms with Crippen molar-refractivity contribution < 1.29 is 28.6 Å². The van der Waals surface area contributed by atoms with Crippen LogP contribution in [0.25, 0.3) is 0 Å². The van der Waals surface area contributed by atoms with Gasteiger partial charge in [-0.25, -0.2) is 4.79 Å². The van der Waals surface area contributed by atoms with Crippen LogP contribution in [0.1, 0.15) is 26.3 Å². The van der Waals surface area contributed by atoms with E-state index < -0.39 is 12.6 Å². The fraction of sp³-hybridized carbons (Fsp3) is 0.250. The topological polar surface area (TPSA) is 82.1 Å². The molecular weight excluding hydrogens is 350 g/mol. The molecule has 0 unspecified atom stereocenters. The third kappa shape index (κ3) is 4.84. The second-order valence-corrected chi connectivity index (χ2v) is 5.69. The Bertz CT molecular complexity index is 819. The van der Waals surface area contributed by atoms with Gasteiger partial charge in [0.05, 0.1) is 14.2 Å². The summed E-state index contributed by atoms with van der Waals surface area (Å²) >= 11 is 0. The molecule has 27 heavy (non-hydrogen) atoms. The number of methoxy groups -OCH3 is 2. The average Bonchev–Trinajstić information content (AvgIpc) is 2.70. The van der Waals surface area contributed by atoms with Crippen molar-refractivity contribution in [2.75, 3.05) is 27.9 Å². The Kier molecular flexibility index (Phi) is 6.93. The number of rotatable bonds is 8. The smallest absolute Gasteiger partial charge is 0.343 e. The molecule has 0 aromatic heterocycles. The molecule has 0 aliphatic heterocycles. The molecule has 2 rings (SSSR count). The van der Waals surface area contributed by atoms with E-state index in [-0.39, 0.29) is 28.5 Å². The normalized spacial score (nSPS) is 10.0. The van der Waals surface area contributed by atoms with E-state index in [1.807, 2.05) is 30.3 Å². The van der Waals surface area contributed by atoms with Gasteiger partial charge in [-0.15, -0.1) is 0 Å². The molecule has 0 saturated carbocycles. The van der Waals surface area contributed by atoms with Crippen LogP contribution in [0.2, 0.25) is 0 Å². The standard InChI is InChI=1S/C20H21NO6/c1-21(11-14-7-5-4-6-8-14)17(23)13-27-20(24)18-15(12-22)9-10-16(25-2)19(18)26-3/h4-10,12H,11,13H2,1-3H3. The monoisotopic (exact) mass is 371 g/mol. The molecule has 0 radical (unpaired) electrons. The number of carbonyl (C=O) groups excluding carboxylic acids is 3. The molecule has 0 N–H and O–H groups in total. The number of hydrogen-bond acceptors (Lipinski definition) is 6. The van der Waals surface area contributed by atoms with Crippen LogP contribution in [0.4, 0.5) is 0 Å². The maximum absolute atomic E-state index is 12.5. The molecule has 1 amide bonds. The zero-order valence-corrected chi connectivity index (χ0v) is 15.4. The molecule has 0 fully saturated rings. The first kappa shape index (κ1) is 20.0. The number of likely N-dealkylation sites (N-methyl/N-ethyl adjacent to an activating group) is 1. The summed E-state index contributed by atoms with van der Waals surface area (Å²) in [5.74, 6) is -0.851. The second-order valence-electron chi connectivity index (χ2n) is 5.69. The highest BCUT2D eigenvalue weighted by Crippen LogP contribution is 2.33. The molecule has 7 nitrogen and oxygen atoms in total. The number of amides is 1. The van der Waals surface area contributed by atoms with Crippen LogP contribution in [0, 0.1) is 0 Å². The summed E-state index contributed by atoms with van der Waals surface area (Å²) in [5.41, 5.74) is 0.963. The fourth-order valence-corrected chi connectivity index (χ4v) is 2.51. The van der Waals surface area contributed by atoms with Gasteiger partial charge in [-0.2, -0.15) is 0 Å². The van der Waals surface area contributed by atoms with Gasteiger partial charge in [-0.1, -0.05) is 30.3 Å². The molecule has 2 aromatic carbocycles. The lowest BCUT2D eigenvalue weighted by Crippen LogP contribution is -2.31. The Morgan fingerprint density at radius 1 is 1.04 bits per heavy atom. The third-order valence-electron chi connectivity index (χ3n) is 3.92. The second kappa shape index (κ2) is 9.38. The van der Waals surface area contributed by atoms with E-state index in [1.54, 1.807) is 7.05 Å². The van der Waals surface area contributed by atoms with Gasteiger partial charge in [0.1, 0.15) is 5.56 Å². The number of benzene rings is 2. The third-order valence-corrected chi connectivity index (χ3v) is 3.92. The Labute approximate surface area is 157 Å². The van der Waals surface area contributed by atoms with Gasteiger partial charge in [0, 0.05) is 19.2 Å². The Morgan fingerprint density at radius 2 is 1.74 bits per heavy atom. The highest BCUT2D eigenvalue weighted by atomic mass is 16.5. The van der Waals surface area contributed by atoms with E-state index in [2.05, 4.69) is 0 Å². The molecule has 0 spiro atoms. The van der Waals surface area contributed by atoms with Crippen molar-refractivity contribution in [3.05, 3.63) is 59.2 Å². The highest BCUT2D eigenvalue weighted by Gasteiger charge is 2.23. The quantitative estimate of drug-likeness (QED) is 0.523. The van der Waals surface area contributed by atoms with Gasteiger partial charge >= 0.3 is 5.97 Å². The zero-order valence-electron chi connectivity index (χ0n) is 15.4. The minimum Gasteiger partial charge on any atom is -0.493 e. The van der Waals surface area contributed by atoms with Crippen molar-refractivity contribution >= 4 is 18.2 Å². The SMILES string of the molecule is COc1ccc(C=O)c(C(=O)OCC(=O)N(C)Cc2ccccc2)c1OC. The van der Waals surface area contributed by atoms with Crippen molar-refractivity contribution in [2.45, 2.75) is 6.54 Å². The predicted molar refractivity (Wildman–Crippen MR) is 98.1 cm³/mol. The number of nitrogens with zero attached hydrogens (tertiary/aromatic N) is 1. The summed E-state index contributed by atoms with van der Waals surface area (Å²) in [7, 11) is 4.38. The van der Waals surface area contributed by atoms with E-state index in [0.717, 1.165) is 5.56 Å². The van der Waals surface area contributed by atoms with Gasteiger partial charge in [-0.05, 0) is 17.7 Å². The van der Waals surface area contributed by atoms with Crippen LogP contribution >= 0.6 is 0 Å². The van der Waals surface area contributed by atoms with Crippen LogP contribution in [0.5, 0.6) is 11.5 Å². The van der Waals surface area contributed by atoms with Crippen LogP contribution in [-0.2, 0) is 16.1 Å². The lowest BCUT2D eigenvalue weighted by Gasteiger charge is -2.18. The summed E-state index contributed by atoms with van der Waals surface area (Å²) in [4.78, 5) is 37.4. The van der Waals surface area contributed by atoms with Gasteiger partial charge in [0.15, 0.2) is 24.4 Å². The summed E-state index contributed by atoms with van der Waals surface area (Å²) in [6, 6.07) is 12.4. The molecule has 7 heteroatoms. The number of aldehydes is 1. The van der Waals surface area contributed by atoms with Crippen molar-refractivity contribution in [3.63, 3.8) is 0 Å². The predicted octanol–water partition coefficient (Wildman–Crippen LogP) is 2.33. The van der Waals surface area contributed by atoms with Crippen LogP contribution in [0.15, 0.2) is 42.5 Å². The van der Waals surface area contributed by atoms with Crippen LogP contribution in [-0.4, -0.2) is 50.9 Å². The zero-order chi connectivity index (χ0) is 19.8. The van der Waals surface area contributed by atoms with Crippen LogP contribution < -0.4 is 9.47 Å². The molecule has 0 aliphatic carbocycles. The lowest BCUT2D eigenvalue weighted by molar-refractivity contribution is -0.133. The van der Waals surface area contributed by atoms with Gasteiger partial charge in [0.25, 0.3) is 5.91 Å². The summed E-state index contributed by atoms with van der Waals surface area (Å²) in [6.07, 6.45) is 0.516. The first-order chi connectivity index (χ1) is 13.0. The van der Waals surface area contributed by atoms with Crippen LogP contribution in [0.3, 0.4) is 0 Å². The number of carbonyl (C=O) groups is 3. The summed E-state index contributed by atoms with van der Waals surface area (Å²) in [5, 5.41) is 0. The van der Waals surface area contributed by atoms with Gasteiger partial charge in [0.2, 0.25) is 0 Å². The van der Waals surface area contributed by atoms with E-state index >= 15 is 0 Å². The molecule has 2 aromatic rings. The maximum Gasteiger partial charge on any atom is 0.343 e. The molecule has 0 atom stereocenters. The molecule has 0 bridgehead atoms. The summed E-state index contributed by atoms with van der Waals surface area (Å²) in [6.45, 7) is -0.0693. The molecule has 0 heterocycles. The van der Waals surface area contributed by atoms with E-state index in [0.29, 0.717) is 12.8 Å². The Balaban J connectivity index is 2.09. The number of hydrogen-bond donors (Lipinski definition) is 0. The van der Waals surface area contributed by atoms with E-state index in [1.165, 1.54) is 31.3 Å². The molecule has 142 valence electrons. The van der Waals surface area contributed by atoms with Crippen molar-refractivity contribution in [1.29, 1.82) is 0 Å². The van der Waals surface area contributed by atoms with Gasteiger partial charge in [-0.3, -0.25) is 9.59 Å². The summed E-state index contributed by atoms with van der Waals surface area (Å²) < 4.78 is 15.4. The highest BCUT2D eigenvalue weighted by molar-refractivity contribution is 6.02. The van der Waals surface area contributed by atoms with E-state index in [9.17, 15) is 14.4 Å². The lowest BCUT2D eigenvalue weighted by atomic mass is 10.1. The van der Waals surface area contributed by atoms with Crippen molar-refractivity contribution in [2.24, 2.45) is 0 Å². The first-order valence-corrected chi connectivity index (χ1v) is 8.17. The minimum atomic E-state index is -0.839. The van der Waals surface area contributed by atoms with Crippen molar-refractivity contribution in [1.82, 2.24) is 4.90 Å². The maximum atomic E-state index is 12.5. The molecular formula is C20H21NO6. The largest absolute Gasteiger partial charge is 0.493 e. The van der Waals surface area contributed by atoms with Crippen molar-refractivity contribution in [3.8, 4) is 11.5 Å². The number of esters is 1. The number of ether oxygens (including phenoxy) is 3. The molecule has 0 saturated heterocycles. The minimum absolute atomic E-state index is 0.0784. The van der Waals surface area contributed by atoms with Gasteiger partial charge < -0.3 is 19.1 Å². The molecule has 0 aliphatic rings. The average molecular weight is 371 g/mol. The van der Waals surface area contributed by atoms with E-state index in [4.69, 9.17) is 14.2 Å². The first-order valence-electron chi connectivity index (χ1n) is 8.17. The Morgan fingerprint density at radius 3 is 2.33 bits per heavy atom. The Hall–Kier alpha value is -3.35. The fourth-order valence-electron chi connectivity index (χ4n) is 2.51.